The maximum absolute atomic E-state index is 9.60. The number of hydrogen-bond acceptors (Lipinski definition) is 13. The quantitative estimate of drug-likeness (QED) is 0.0606. The van der Waals surface area contributed by atoms with Gasteiger partial charge in [0.2, 0.25) is 0 Å². The molecule has 0 fully saturated rings. The van der Waals surface area contributed by atoms with Crippen LogP contribution in [-0.2, 0) is 42.9 Å². The number of carbonyl (C=O) groups is 4. The first kappa shape index (κ1) is 55.9. The fourth-order valence-electron chi connectivity index (χ4n) is 1.12. The summed E-state index contributed by atoms with van der Waals surface area (Å²) in [6, 6.07) is 0. The number of ether oxygens (including phenoxy) is 5. The van der Waals surface area contributed by atoms with Gasteiger partial charge in [-0.15, -0.1) is 0 Å². The van der Waals surface area contributed by atoms with E-state index in [-0.39, 0.29) is 48.7 Å². The van der Waals surface area contributed by atoms with E-state index < -0.39 is 23.9 Å². The zero-order valence-electron chi connectivity index (χ0n) is 28.0. The second kappa shape index (κ2) is 46.9. The summed E-state index contributed by atoms with van der Waals surface area (Å²) in [4.78, 5) is 38.4. The highest BCUT2D eigenvalue weighted by Gasteiger charge is 1.92. The molecule has 8 N–H and O–H groups in total. The summed E-state index contributed by atoms with van der Waals surface area (Å²) in [5.41, 5.74) is 0.704. The van der Waals surface area contributed by atoms with Gasteiger partial charge in [-0.3, -0.25) is 0 Å². The lowest BCUT2D eigenvalue weighted by Gasteiger charge is -2.04. The Kier molecular flexibility index (Phi) is 55.7. The molecule has 0 saturated heterocycles. The molecule has 0 aliphatic heterocycles. The van der Waals surface area contributed by atoms with Crippen molar-refractivity contribution in [2.24, 2.45) is 0 Å². The molecule has 47 heavy (non-hydrogen) atoms. The maximum Gasteiger partial charge on any atom is 0.330 e. The van der Waals surface area contributed by atoms with Gasteiger partial charge in [-0.2, -0.15) is 0 Å². The predicted octanol–water partition coefficient (Wildman–Crippen LogP) is 0.613. The molecule has 0 aliphatic rings. The van der Waals surface area contributed by atoms with Crippen molar-refractivity contribution in [1.29, 1.82) is 0 Å². The molecule has 0 aromatic carbocycles. The Balaban J connectivity index is -0.000000111. The number of carboxylic acid groups (broad SMARTS) is 4. The van der Waals surface area contributed by atoms with Crippen molar-refractivity contribution in [3.8, 4) is 0 Å². The summed E-state index contributed by atoms with van der Waals surface area (Å²) in [6.07, 6.45) is 0. The Bertz CT molecular complexity index is 663. The molecule has 0 heterocycles. The summed E-state index contributed by atoms with van der Waals surface area (Å²) in [6.45, 7) is 22.9. The first-order chi connectivity index (χ1) is 21.9. The van der Waals surface area contributed by atoms with Crippen molar-refractivity contribution >= 4 is 23.9 Å². The Morgan fingerprint density at radius 3 is 0.553 bits per heavy atom. The van der Waals surface area contributed by atoms with Crippen LogP contribution in [0, 0.1) is 0 Å². The number of aliphatic hydroxyl groups excluding tert-OH is 4. The average Bonchev–Trinajstić information content (AvgIpc) is 2.99. The van der Waals surface area contributed by atoms with E-state index in [1.165, 1.54) is 27.7 Å². The third-order valence-electron chi connectivity index (χ3n) is 3.52. The van der Waals surface area contributed by atoms with Gasteiger partial charge < -0.3 is 64.5 Å². The molecule has 0 spiro atoms. The van der Waals surface area contributed by atoms with E-state index in [2.05, 4.69) is 26.3 Å². The lowest BCUT2D eigenvalue weighted by atomic mass is 10.4. The lowest BCUT2D eigenvalue weighted by Crippen LogP contribution is -2.11. The molecule has 278 valence electrons. The Hall–Kier alpha value is -3.52. The average molecular weight is 689 g/mol. The highest BCUT2D eigenvalue weighted by Crippen LogP contribution is 1.83. The van der Waals surface area contributed by atoms with Gasteiger partial charge >= 0.3 is 23.9 Å². The summed E-state index contributed by atoms with van der Waals surface area (Å²) >= 11 is 0. The van der Waals surface area contributed by atoms with Crippen LogP contribution in [-0.4, -0.2) is 157 Å². The van der Waals surface area contributed by atoms with E-state index in [1.54, 1.807) is 0 Å². The highest BCUT2D eigenvalue weighted by atomic mass is 16.5. The van der Waals surface area contributed by atoms with Crippen LogP contribution >= 0.6 is 0 Å². The smallest absolute Gasteiger partial charge is 0.330 e. The topological polar surface area (TPSA) is 276 Å². The monoisotopic (exact) mass is 688 g/mol. The molecule has 0 aromatic rings. The number of hydrogen-bond donors (Lipinski definition) is 8. The fourth-order valence-corrected chi connectivity index (χ4v) is 1.12. The Labute approximate surface area is 276 Å². The van der Waals surface area contributed by atoms with E-state index in [4.69, 9.17) is 64.5 Å². The lowest BCUT2D eigenvalue weighted by molar-refractivity contribution is -0.133. The third kappa shape index (κ3) is 80.1. The number of aliphatic carboxylic acids is 4. The van der Waals surface area contributed by atoms with Gasteiger partial charge in [-0.25, -0.2) is 19.2 Å². The van der Waals surface area contributed by atoms with Gasteiger partial charge in [-0.1, -0.05) is 26.3 Å². The second-order valence-corrected chi connectivity index (χ2v) is 8.30. The number of aliphatic hydroxyl groups is 4. The van der Waals surface area contributed by atoms with Crippen molar-refractivity contribution in [2.45, 2.75) is 27.7 Å². The first-order valence-corrected chi connectivity index (χ1v) is 13.8. The minimum Gasteiger partial charge on any atom is -0.478 e. The molecule has 0 saturated carbocycles. The molecule has 17 nitrogen and oxygen atoms in total. The van der Waals surface area contributed by atoms with Crippen molar-refractivity contribution in [2.75, 3.05) is 92.5 Å². The molecular weight excluding hydrogens is 632 g/mol. The number of carboxylic acids is 4. The summed E-state index contributed by atoms with van der Waals surface area (Å²) < 4.78 is 24.8. The largest absolute Gasteiger partial charge is 0.478 e. The standard InChI is InChI=1S/C8H18O5.C6H14O4.4C4H6O2/c9-1-3-11-5-7-13-8-6-12-4-2-10;7-1-3-9-5-6-10-4-2-8;4*1-3(2)4(5)6/h9-10H,1-8H2;7-8H,1-6H2;4*1H2,2H3,(H,5,6). The van der Waals surface area contributed by atoms with Gasteiger partial charge in [0.15, 0.2) is 0 Å². The molecule has 0 unspecified atom stereocenters. The molecule has 0 atom stereocenters. The van der Waals surface area contributed by atoms with Crippen molar-refractivity contribution < 1.29 is 83.7 Å². The fraction of sp³-hybridized carbons (Fsp3) is 0.600. The zero-order chi connectivity index (χ0) is 38.1. The van der Waals surface area contributed by atoms with Crippen molar-refractivity contribution in [3.05, 3.63) is 48.6 Å². The van der Waals surface area contributed by atoms with Gasteiger partial charge in [0, 0.05) is 22.3 Å². The van der Waals surface area contributed by atoms with Gasteiger partial charge in [0.05, 0.1) is 92.5 Å². The first-order valence-electron chi connectivity index (χ1n) is 13.8. The van der Waals surface area contributed by atoms with Crippen LogP contribution in [0.5, 0.6) is 0 Å². The maximum atomic E-state index is 9.60. The molecule has 0 rings (SSSR count). The molecule has 0 aliphatic carbocycles. The summed E-state index contributed by atoms with van der Waals surface area (Å²) in [5.74, 6) is -3.74. The predicted molar refractivity (Wildman–Crippen MR) is 172 cm³/mol. The van der Waals surface area contributed by atoms with Gasteiger partial charge in [0.1, 0.15) is 0 Å². The van der Waals surface area contributed by atoms with E-state index in [9.17, 15) is 19.2 Å². The minimum absolute atomic E-state index is 0.0413. The zero-order valence-corrected chi connectivity index (χ0v) is 28.0. The van der Waals surface area contributed by atoms with Crippen LogP contribution in [0.15, 0.2) is 48.6 Å². The van der Waals surface area contributed by atoms with E-state index in [1.807, 2.05) is 0 Å². The van der Waals surface area contributed by atoms with E-state index in [0.29, 0.717) is 66.1 Å². The van der Waals surface area contributed by atoms with Crippen LogP contribution in [0.25, 0.3) is 0 Å². The molecule has 0 amide bonds. The van der Waals surface area contributed by atoms with E-state index >= 15 is 0 Å². The number of rotatable bonds is 21. The van der Waals surface area contributed by atoms with Gasteiger partial charge in [-0.05, 0) is 27.7 Å². The summed E-state index contributed by atoms with van der Waals surface area (Å²) in [7, 11) is 0. The molecule has 17 heteroatoms. The molecule has 0 radical (unpaired) electrons. The molecule has 0 aromatic heterocycles. The second-order valence-electron chi connectivity index (χ2n) is 8.30. The molecular formula is C30H56O17. The van der Waals surface area contributed by atoms with Crippen LogP contribution < -0.4 is 0 Å². The molecule has 0 bridgehead atoms. The van der Waals surface area contributed by atoms with Crippen molar-refractivity contribution in [3.63, 3.8) is 0 Å². The van der Waals surface area contributed by atoms with Crippen molar-refractivity contribution in [1.82, 2.24) is 0 Å². The van der Waals surface area contributed by atoms with Crippen LogP contribution in [0.2, 0.25) is 0 Å². The SMILES string of the molecule is C=C(C)C(=O)O.C=C(C)C(=O)O.C=C(C)C(=O)O.C=C(C)C(=O)O.OCCOCCOCCO.OCCOCCOCCOCCO. The highest BCUT2D eigenvalue weighted by molar-refractivity contribution is 5.85. The van der Waals surface area contributed by atoms with Crippen LogP contribution in [0.3, 0.4) is 0 Å². The summed E-state index contributed by atoms with van der Waals surface area (Å²) in [5, 5.41) is 64.8. The Morgan fingerprint density at radius 2 is 0.468 bits per heavy atom. The van der Waals surface area contributed by atoms with Gasteiger partial charge in [0.25, 0.3) is 0 Å². The van der Waals surface area contributed by atoms with Crippen LogP contribution in [0.4, 0.5) is 0 Å². The van der Waals surface area contributed by atoms with E-state index in [0.717, 1.165) is 0 Å². The third-order valence-corrected chi connectivity index (χ3v) is 3.52. The normalized spacial score (nSPS) is 8.94. The van der Waals surface area contributed by atoms with Crippen LogP contribution in [0.1, 0.15) is 27.7 Å². The Morgan fingerprint density at radius 1 is 0.362 bits per heavy atom. The minimum atomic E-state index is -0.935.